The van der Waals surface area contributed by atoms with Crippen LogP contribution in [0.5, 0.6) is 0 Å². The summed E-state index contributed by atoms with van der Waals surface area (Å²) in [6, 6.07) is 6.14. The second-order valence-corrected chi connectivity index (χ2v) is 5.19. The van der Waals surface area contributed by atoms with Gasteiger partial charge in [0.15, 0.2) is 0 Å². The highest BCUT2D eigenvalue weighted by Crippen LogP contribution is 2.18. The number of aromatic nitrogens is 2. The van der Waals surface area contributed by atoms with E-state index >= 15 is 0 Å². The van der Waals surface area contributed by atoms with Crippen LogP contribution < -0.4 is 5.56 Å². The molecule has 0 radical (unpaired) electrons. The van der Waals surface area contributed by atoms with Crippen LogP contribution in [0.1, 0.15) is 35.2 Å². The molecule has 3 rings (SSSR count). The van der Waals surface area contributed by atoms with E-state index < -0.39 is 0 Å². The van der Waals surface area contributed by atoms with Crippen LogP contribution in [-0.2, 0) is 12.8 Å². The van der Waals surface area contributed by atoms with Crippen molar-refractivity contribution >= 4 is 0 Å². The molecule has 0 atom stereocenters. The molecule has 1 heterocycles. The summed E-state index contributed by atoms with van der Waals surface area (Å²) in [6.07, 6.45) is 4.23. The fourth-order valence-corrected chi connectivity index (χ4v) is 2.63. The van der Waals surface area contributed by atoms with Gasteiger partial charge in [0.2, 0.25) is 0 Å². The zero-order valence-electron chi connectivity index (χ0n) is 10.9. The Hall–Kier alpha value is -1.77. The number of aromatic amines is 1. The van der Waals surface area contributed by atoms with E-state index in [1.807, 2.05) is 6.07 Å². The van der Waals surface area contributed by atoms with Crippen LogP contribution in [0.4, 0.5) is 0 Å². The molecular weight excluding hydrogens is 224 g/mol. The van der Waals surface area contributed by atoms with Crippen molar-refractivity contribution in [1.29, 1.82) is 0 Å². The molecule has 0 spiro atoms. The average Bonchev–Trinajstić information content (AvgIpc) is 2.71. The Morgan fingerprint density at radius 1 is 1.11 bits per heavy atom. The molecular formula is C15H18N2O. The Morgan fingerprint density at radius 3 is 2.61 bits per heavy atom. The third-order valence-corrected chi connectivity index (χ3v) is 3.92. The van der Waals surface area contributed by atoms with Gasteiger partial charge in [0, 0.05) is 11.3 Å². The van der Waals surface area contributed by atoms with Gasteiger partial charge in [0.25, 0.3) is 5.56 Å². The fourth-order valence-electron chi connectivity index (χ4n) is 2.63. The number of fused-ring (bicyclic) bond motifs is 1. The Morgan fingerprint density at radius 2 is 1.89 bits per heavy atom. The van der Waals surface area contributed by atoms with Gasteiger partial charge >= 0.3 is 0 Å². The minimum atomic E-state index is 0.132. The van der Waals surface area contributed by atoms with Crippen molar-refractivity contribution in [2.75, 3.05) is 0 Å². The smallest absolute Gasteiger partial charge is 0.274 e. The summed E-state index contributed by atoms with van der Waals surface area (Å²) < 4.78 is 1.70. The van der Waals surface area contributed by atoms with Crippen LogP contribution >= 0.6 is 0 Å². The maximum Gasteiger partial charge on any atom is 0.274 e. The largest absolute Gasteiger partial charge is 0.295 e. The van der Waals surface area contributed by atoms with Gasteiger partial charge in [-0.3, -0.25) is 9.89 Å². The molecule has 0 saturated heterocycles. The Balaban J connectivity index is 2.14. The minimum absolute atomic E-state index is 0.132. The van der Waals surface area contributed by atoms with E-state index in [1.165, 1.54) is 17.5 Å². The predicted molar refractivity (Wildman–Crippen MR) is 72.5 cm³/mol. The molecule has 0 aliphatic heterocycles. The second kappa shape index (κ2) is 4.16. The monoisotopic (exact) mass is 242 g/mol. The molecule has 0 bridgehead atoms. The van der Waals surface area contributed by atoms with Crippen LogP contribution in [-0.4, -0.2) is 9.78 Å². The summed E-state index contributed by atoms with van der Waals surface area (Å²) >= 11 is 0. The van der Waals surface area contributed by atoms with Gasteiger partial charge in [-0.05, 0) is 62.8 Å². The van der Waals surface area contributed by atoms with E-state index in [4.69, 9.17) is 0 Å². The lowest BCUT2D eigenvalue weighted by Crippen LogP contribution is -2.18. The predicted octanol–water partition coefficient (Wildman–Crippen LogP) is 2.66. The fraction of sp³-hybridized carbons (Fsp3) is 0.400. The molecule has 1 N–H and O–H groups in total. The van der Waals surface area contributed by atoms with Gasteiger partial charge in [-0.25, -0.2) is 4.68 Å². The first-order valence-corrected chi connectivity index (χ1v) is 6.57. The Kier molecular flexibility index (Phi) is 2.62. The van der Waals surface area contributed by atoms with Gasteiger partial charge in [0.1, 0.15) is 0 Å². The number of hydrogen-bond acceptors (Lipinski definition) is 1. The standard InChI is InChI=1S/C15H18N2O/c1-10-7-8-12(9-11(10)2)17-15(18)13-5-3-4-6-14(13)16-17/h7-9,16H,3-6H2,1-2H3. The van der Waals surface area contributed by atoms with Crippen molar-refractivity contribution in [3.8, 4) is 5.69 Å². The normalized spacial score (nSPS) is 14.6. The molecule has 3 heteroatoms. The molecule has 0 amide bonds. The third kappa shape index (κ3) is 1.70. The molecule has 0 saturated carbocycles. The number of nitrogens with zero attached hydrogens (tertiary/aromatic N) is 1. The molecule has 94 valence electrons. The minimum Gasteiger partial charge on any atom is -0.295 e. The molecule has 1 aromatic heterocycles. The van der Waals surface area contributed by atoms with Gasteiger partial charge in [0.05, 0.1) is 5.69 Å². The molecule has 1 aliphatic carbocycles. The quantitative estimate of drug-likeness (QED) is 0.820. The lowest BCUT2D eigenvalue weighted by Gasteiger charge is -2.07. The first kappa shape index (κ1) is 11.3. The average molecular weight is 242 g/mol. The zero-order valence-corrected chi connectivity index (χ0v) is 10.9. The van der Waals surface area contributed by atoms with E-state index in [0.29, 0.717) is 0 Å². The number of aryl methyl sites for hydroxylation is 3. The zero-order chi connectivity index (χ0) is 12.7. The van der Waals surface area contributed by atoms with E-state index in [2.05, 4.69) is 31.1 Å². The molecule has 0 unspecified atom stereocenters. The first-order valence-electron chi connectivity index (χ1n) is 6.57. The van der Waals surface area contributed by atoms with Crippen molar-refractivity contribution in [2.24, 2.45) is 0 Å². The van der Waals surface area contributed by atoms with Crippen LogP contribution in [0, 0.1) is 13.8 Å². The van der Waals surface area contributed by atoms with Crippen LogP contribution in [0.3, 0.4) is 0 Å². The van der Waals surface area contributed by atoms with Crippen LogP contribution in [0.25, 0.3) is 5.69 Å². The lowest BCUT2D eigenvalue weighted by molar-refractivity contribution is 0.671. The third-order valence-electron chi connectivity index (χ3n) is 3.92. The van der Waals surface area contributed by atoms with Crippen LogP contribution in [0.15, 0.2) is 23.0 Å². The van der Waals surface area contributed by atoms with Crippen molar-refractivity contribution in [3.05, 3.63) is 50.9 Å². The van der Waals surface area contributed by atoms with Crippen molar-refractivity contribution in [1.82, 2.24) is 9.78 Å². The maximum absolute atomic E-state index is 12.3. The van der Waals surface area contributed by atoms with E-state index in [0.717, 1.165) is 36.2 Å². The molecule has 3 nitrogen and oxygen atoms in total. The molecule has 18 heavy (non-hydrogen) atoms. The van der Waals surface area contributed by atoms with Crippen molar-refractivity contribution in [3.63, 3.8) is 0 Å². The van der Waals surface area contributed by atoms with Crippen molar-refractivity contribution < 1.29 is 0 Å². The van der Waals surface area contributed by atoms with E-state index in [1.54, 1.807) is 4.68 Å². The Bertz CT molecular complexity index is 649. The van der Waals surface area contributed by atoms with Gasteiger partial charge in [-0.2, -0.15) is 0 Å². The number of nitrogens with one attached hydrogen (secondary N) is 1. The highest BCUT2D eigenvalue weighted by atomic mass is 16.1. The Labute approximate surface area is 106 Å². The number of benzene rings is 1. The molecule has 1 aliphatic rings. The van der Waals surface area contributed by atoms with Crippen LogP contribution in [0.2, 0.25) is 0 Å². The summed E-state index contributed by atoms with van der Waals surface area (Å²) in [5.41, 5.74) is 5.66. The number of H-pyrrole nitrogens is 1. The summed E-state index contributed by atoms with van der Waals surface area (Å²) in [7, 11) is 0. The topological polar surface area (TPSA) is 37.8 Å². The van der Waals surface area contributed by atoms with Crippen molar-refractivity contribution in [2.45, 2.75) is 39.5 Å². The van der Waals surface area contributed by atoms with Gasteiger partial charge in [-0.1, -0.05) is 6.07 Å². The molecule has 2 aromatic rings. The number of hydrogen-bond donors (Lipinski definition) is 1. The summed E-state index contributed by atoms with van der Waals surface area (Å²) in [5.74, 6) is 0. The molecule has 0 fully saturated rings. The van der Waals surface area contributed by atoms with E-state index in [-0.39, 0.29) is 5.56 Å². The van der Waals surface area contributed by atoms with Gasteiger partial charge in [-0.15, -0.1) is 0 Å². The highest BCUT2D eigenvalue weighted by molar-refractivity contribution is 5.40. The highest BCUT2D eigenvalue weighted by Gasteiger charge is 2.18. The second-order valence-electron chi connectivity index (χ2n) is 5.19. The number of rotatable bonds is 1. The lowest BCUT2D eigenvalue weighted by atomic mass is 9.98. The first-order chi connectivity index (χ1) is 8.66. The molecule has 1 aromatic carbocycles. The summed E-state index contributed by atoms with van der Waals surface area (Å²) in [4.78, 5) is 12.3. The van der Waals surface area contributed by atoms with E-state index in [9.17, 15) is 4.79 Å². The SMILES string of the molecule is Cc1ccc(-n2[nH]c3c(c2=O)CCCC3)cc1C. The summed E-state index contributed by atoms with van der Waals surface area (Å²) in [6.45, 7) is 4.16. The summed E-state index contributed by atoms with van der Waals surface area (Å²) in [5, 5.41) is 3.27. The van der Waals surface area contributed by atoms with Gasteiger partial charge < -0.3 is 0 Å². The maximum atomic E-state index is 12.3.